The van der Waals surface area contributed by atoms with E-state index in [4.69, 9.17) is 5.41 Å². The minimum Gasteiger partial charge on any atom is -0.334 e. The number of amides is 1. The van der Waals surface area contributed by atoms with Crippen LogP contribution in [-0.2, 0) is 10.3 Å². The predicted octanol–water partition coefficient (Wildman–Crippen LogP) is 2.78. The van der Waals surface area contributed by atoms with Gasteiger partial charge in [0.05, 0.1) is 0 Å². The monoisotopic (exact) mass is 362 g/mol. The molecular weight excluding hydrogens is 336 g/mol. The maximum atomic E-state index is 13.6. The second-order valence-corrected chi connectivity index (χ2v) is 7.31. The van der Waals surface area contributed by atoms with Gasteiger partial charge in [-0.25, -0.2) is 0 Å². The van der Waals surface area contributed by atoms with E-state index in [0.717, 1.165) is 37.2 Å². The van der Waals surface area contributed by atoms with Gasteiger partial charge in [0.15, 0.2) is 11.5 Å². The highest BCUT2D eigenvalue weighted by Crippen LogP contribution is 2.35. The molecule has 0 spiro atoms. The third kappa shape index (κ3) is 3.23. The lowest BCUT2D eigenvalue weighted by molar-refractivity contribution is -0.130. The lowest BCUT2D eigenvalue weighted by Gasteiger charge is -2.28. The fraction of sp³-hybridized carbons (Fsp3) is 0.364. The SMILES string of the molecule is N=C1NC(c2ccccc2)(c2ccccc2)C(=O)N1CCCN1CCCC1. The molecule has 2 saturated heterocycles. The van der Waals surface area contributed by atoms with Gasteiger partial charge >= 0.3 is 0 Å². The number of nitrogens with zero attached hydrogens (tertiary/aromatic N) is 2. The average molecular weight is 362 g/mol. The summed E-state index contributed by atoms with van der Waals surface area (Å²) in [6.07, 6.45) is 3.42. The Morgan fingerprint density at radius 2 is 1.44 bits per heavy atom. The van der Waals surface area contributed by atoms with E-state index < -0.39 is 5.54 Å². The molecule has 2 aliphatic rings. The summed E-state index contributed by atoms with van der Waals surface area (Å²) >= 11 is 0. The van der Waals surface area contributed by atoms with Gasteiger partial charge in [-0.1, -0.05) is 60.7 Å². The number of benzene rings is 2. The molecule has 0 radical (unpaired) electrons. The third-order valence-corrected chi connectivity index (χ3v) is 5.61. The molecular formula is C22H26N4O. The molecule has 0 bridgehead atoms. The molecule has 27 heavy (non-hydrogen) atoms. The Balaban J connectivity index is 1.60. The van der Waals surface area contributed by atoms with E-state index in [1.54, 1.807) is 4.90 Å². The molecule has 0 aromatic heterocycles. The van der Waals surface area contributed by atoms with E-state index >= 15 is 0 Å². The van der Waals surface area contributed by atoms with Crippen LogP contribution in [0.25, 0.3) is 0 Å². The summed E-state index contributed by atoms with van der Waals surface area (Å²) in [5.74, 6) is 0.125. The number of rotatable bonds is 6. The average Bonchev–Trinajstić information content (AvgIpc) is 3.31. The van der Waals surface area contributed by atoms with Crippen LogP contribution in [0.3, 0.4) is 0 Å². The van der Waals surface area contributed by atoms with Gasteiger partial charge in [-0.2, -0.15) is 0 Å². The summed E-state index contributed by atoms with van der Waals surface area (Å²) in [5.41, 5.74) is 0.716. The fourth-order valence-corrected chi connectivity index (χ4v) is 4.21. The van der Waals surface area contributed by atoms with E-state index in [-0.39, 0.29) is 11.9 Å². The van der Waals surface area contributed by atoms with Crippen molar-refractivity contribution in [3.8, 4) is 0 Å². The highest BCUT2D eigenvalue weighted by atomic mass is 16.2. The van der Waals surface area contributed by atoms with Gasteiger partial charge in [0.2, 0.25) is 0 Å². The Labute approximate surface area is 160 Å². The van der Waals surface area contributed by atoms with Crippen LogP contribution in [0.5, 0.6) is 0 Å². The van der Waals surface area contributed by atoms with Crippen molar-refractivity contribution in [3.05, 3.63) is 71.8 Å². The highest BCUT2D eigenvalue weighted by Gasteiger charge is 2.51. The Kier molecular flexibility index (Phi) is 4.94. The van der Waals surface area contributed by atoms with E-state index in [0.29, 0.717) is 6.54 Å². The summed E-state index contributed by atoms with van der Waals surface area (Å²) in [7, 11) is 0. The lowest BCUT2D eigenvalue weighted by Crippen LogP contribution is -2.45. The molecule has 0 aliphatic carbocycles. The van der Waals surface area contributed by atoms with Crippen LogP contribution >= 0.6 is 0 Å². The van der Waals surface area contributed by atoms with Crippen LogP contribution in [-0.4, -0.2) is 47.8 Å². The standard InChI is InChI=1S/C22H26N4O/c23-21-24-22(18-10-3-1-4-11-18,19-12-5-2-6-13-19)20(27)26(21)17-9-16-25-14-7-8-15-25/h1-6,10-13H,7-9,14-17H2,(H2,23,24). The minimum absolute atomic E-state index is 0.0636. The molecule has 140 valence electrons. The van der Waals surface area contributed by atoms with Gasteiger partial charge in [-0.05, 0) is 50.0 Å². The Hall–Kier alpha value is -2.66. The number of guanidine groups is 1. The number of nitrogens with one attached hydrogen (secondary N) is 2. The normalized spacial score (nSPS) is 19.5. The molecule has 2 aromatic carbocycles. The number of likely N-dealkylation sites (tertiary alicyclic amines) is 1. The quantitative estimate of drug-likeness (QED) is 0.831. The molecule has 2 fully saturated rings. The van der Waals surface area contributed by atoms with Gasteiger partial charge in [0, 0.05) is 6.54 Å². The lowest BCUT2D eigenvalue weighted by atomic mass is 9.82. The Morgan fingerprint density at radius 3 is 2.00 bits per heavy atom. The zero-order chi connectivity index (χ0) is 18.7. The Morgan fingerprint density at radius 1 is 0.889 bits per heavy atom. The second-order valence-electron chi connectivity index (χ2n) is 7.31. The van der Waals surface area contributed by atoms with Crippen molar-refractivity contribution in [2.75, 3.05) is 26.2 Å². The zero-order valence-corrected chi connectivity index (χ0v) is 15.5. The fourth-order valence-electron chi connectivity index (χ4n) is 4.21. The maximum Gasteiger partial charge on any atom is 0.264 e. The molecule has 2 N–H and O–H groups in total. The molecule has 0 unspecified atom stereocenters. The number of hydrogen-bond acceptors (Lipinski definition) is 3. The number of carbonyl (C=O) groups excluding carboxylic acids is 1. The van der Waals surface area contributed by atoms with Crippen molar-refractivity contribution >= 4 is 11.9 Å². The largest absolute Gasteiger partial charge is 0.334 e. The predicted molar refractivity (Wildman–Crippen MR) is 107 cm³/mol. The van der Waals surface area contributed by atoms with E-state index in [2.05, 4.69) is 10.2 Å². The number of carbonyl (C=O) groups is 1. The van der Waals surface area contributed by atoms with E-state index in [1.807, 2.05) is 60.7 Å². The molecule has 2 aliphatic heterocycles. The highest BCUT2D eigenvalue weighted by molar-refractivity contribution is 6.10. The molecule has 1 amide bonds. The van der Waals surface area contributed by atoms with Crippen LogP contribution in [0.4, 0.5) is 0 Å². The first kappa shape index (κ1) is 17.7. The van der Waals surface area contributed by atoms with Crippen molar-refractivity contribution in [1.29, 1.82) is 5.41 Å². The first-order chi connectivity index (χ1) is 13.2. The Bertz CT molecular complexity index is 760. The summed E-state index contributed by atoms with van der Waals surface area (Å²) in [6, 6.07) is 19.5. The third-order valence-electron chi connectivity index (χ3n) is 5.61. The molecule has 4 rings (SSSR count). The van der Waals surface area contributed by atoms with Gasteiger partial charge in [0.1, 0.15) is 0 Å². The van der Waals surface area contributed by atoms with Crippen molar-refractivity contribution in [2.45, 2.75) is 24.8 Å². The van der Waals surface area contributed by atoms with Crippen molar-refractivity contribution in [1.82, 2.24) is 15.1 Å². The minimum atomic E-state index is -1.02. The first-order valence-corrected chi connectivity index (χ1v) is 9.74. The van der Waals surface area contributed by atoms with Crippen LogP contribution in [0.1, 0.15) is 30.4 Å². The summed E-state index contributed by atoms with van der Waals surface area (Å²) in [5, 5.41) is 11.7. The summed E-state index contributed by atoms with van der Waals surface area (Å²) in [6.45, 7) is 3.87. The molecule has 2 aromatic rings. The van der Waals surface area contributed by atoms with Crippen LogP contribution < -0.4 is 5.32 Å². The molecule has 2 heterocycles. The van der Waals surface area contributed by atoms with Crippen molar-refractivity contribution < 1.29 is 4.79 Å². The number of hydrogen-bond donors (Lipinski definition) is 2. The van der Waals surface area contributed by atoms with Crippen LogP contribution in [0.15, 0.2) is 60.7 Å². The van der Waals surface area contributed by atoms with Crippen molar-refractivity contribution in [2.24, 2.45) is 0 Å². The first-order valence-electron chi connectivity index (χ1n) is 9.74. The zero-order valence-electron chi connectivity index (χ0n) is 15.5. The van der Waals surface area contributed by atoms with Crippen LogP contribution in [0.2, 0.25) is 0 Å². The van der Waals surface area contributed by atoms with E-state index in [9.17, 15) is 4.79 Å². The van der Waals surface area contributed by atoms with Gasteiger partial charge in [-0.15, -0.1) is 0 Å². The smallest absolute Gasteiger partial charge is 0.264 e. The van der Waals surface area contributed by atoms with Gasteiger partial charge in [-0.3, -0.25) is 15.1 Å². The van der Waals surface area contributed by atoms with Gasteiger partial charge in [0.25, 0.3) is 5.91 Å². The van der Waals surface area contributed by atoms with E-state index in [1.165, 1.54) is 12.8 Å². The van der Waals surface area contributed by atoms with Crippen molar-refractivity contribution in [3.63, 3.8) is 0 Å². The summed E-state index contributed by atoms with van der Waals surface area (Å²) < 4.78 is 0. The molecule has 0 atom stereocenters. The molecule has 5 nitrogen and oxygen atoms in total. The summed E-state index contributed by atoms with van der Waals surface area (Å²) in [4.78, 5) is 17.6. The topological polar surface area (TPSA) is 59.4 Å². The second kappa shape index (κ2) is 7.53. The molecule has 5 heteroatoms. The molecule has 0 saturated carbocycles. The van der Waals surface area contributed by atoms with Gasteiger partial charge < -0.3 is 10.2 Å². The maximum absolute atomic E-state index is 13.6. The van der Waals surface area contributed by atoms with Crippen LogP contribution in [0, 0.1) is 5.41 Å².